The van der Waals surface area contributed by atoms with Gasteiger partial charge < -0.3 is 0 Å². The molecular formula is C14H24Si. The molecule has 0 unspecified atom stereocenters. The van der Waals surface area contributed by atoms with Crippen molar-refractivity contribution in [3.05, 3.63) is 23.4 Å². The van der Waals surface area contributed by atoms with Crippen LogP contribution >= 0.6 is 0 Å². The van der Waals surface area contributed by atoms with Crippen LogP contribution in [0, 0.1) is 11.8 Å². The molecule has 1 heteroatoms. The van der Waals surface area contributed by atoms with Crippen molar-refractivity contribution >= 4 is 8.07 Å². The first-order valence-corrected chi connectivity index (χ1v) is 10.0. The Morgan fingerprint density at radius 3 is 2.73 bits per heavy atom. The van der Waals surface area contributed by atoms with E-state index in [1.54, 1.807) is 5.57 Å². The summed E-state index contributed by atoms with van der Waals surface area (Å²) in [6, 6.07) is 0. The predicted octanol–water partition coefficient (Wildman–Crippen LogP) is 4.56. The van der Waals surface area contributed by atoms with Gasteiger partial charge in [-0.15, -0.1) is 0 Å². The molecule has 2 aliphatic rings. The molecule has 2 rings (SSSR count). The highest BCUT2D eigenvalue weighted by Crippen LogP contribution is 2.43. The lowest BCUT2D eigenvalue weighted by Crippen LogP contribution is -2.16. The van der Waals surface area contributed by atoms with E-state index in [4.69, 9.17) is 0 Å². The summed E-state index contributed by atoms with van der Waals surface area (Å²) in [5, 5.41) is 0. The van der Waals surface area contributed by atoms with Crippen LogP contribution in [0.25, 0.3) is 0 Å². The largest absolute Gasteiger partial charge is 0.0983 e. The van der Waals surface area contributed by atoms with Crippen LogP contribution in [-0.4, -0.2) is 8.07 Å². The van der Waals surface area contributed by atoms with E-state index in [9.17, 15) is 0 Å². The molecule has 1 saturated carbocycles. The maximum absolute atomic E-state index is 2.54. The van der Waals surface area contributed by atoms with Crippen molar-refractivity contribution < 1.29 is 0 Å². The second kappa shape index (κ2) is 4.29. The quantitative estimate of drug-likeness (QED) is 0.473. The Morgan fingerprint density at radius 2 is 2.00 bits per heavy atom. The molecule has 0 aliphatic heterocycles. The summed E-state index contributed by atoms with van der Waals surface area (Å²) in [5.41, 5.74) is 4.32. The molecule has 0 aromatic heterocycles. The SMILES string of the molecule is C[Si](C)(C)/C=C/[C@@H]1CC[C@@H]2CCCC=C21. The molecular weight excluding hydrogens is 196 g/mol. The first-order valence-electron chi connectivity index (χ1n) is 6.45. The molecule has 0 N–H and O–H groups in total. The van der Waals surface area contributed by atoms with Crippen LogP contribution in [0.1, 0.15) is 32.1 Å². The van der Waals surface area contributed by atoms with E-state index in [0.717, 1.165) is 11.8 Å². The number of allylic oxidation sites excluding steroid dienone is 3. The minimum atomic E-state index is -0.989. The fourth-order valence-corrected chi connectivity index (χ4v) is 3.70. The van der Waals surface area contributed by atoms with Gasteiger partial charge in [-0.2, -0.15) is 0 Å². The van der Waals surface area contributed by atoms with Crippen LogP contribution in [0.4, 0.5) is 0 Å². The van der Waals surface area contributed by atoms with Crippen molar-refractivity contribution in [1.82, 2.24) is 0 Å². The highest BCUT2D eigenvalue weighted by atomic mass is 28.3. The lowest BCUT2D eigenvalue weighted by atomic mass is 9.87. The summed E-state index contributed by atoms with van der Waals surface area (Å²) in [6.45, 7) is 7.27. The maximum atomic E-state index is 2.54. The average Bonchev–Trinajstić information content (AvgIpc) is 2.57. The number of rotatable bonds is 2. The minimum absolute atomic E-state index is 0.807. The molecule has 15 heavy (non-hydrogen) atoms. The highest BCUT2D eigenvalue weighted by Gasteiger charge is 2.29. The molecule has 0 heterocycles. The molecule has 0 saturated heterocycles. The Morgan fingerprint density at radius 1 is 1.20 bits per heavy atom. The molecule has 0 spiro atoms. The summed E-state index contributed by atoms with van der Waals surface area (Å²) in [5.74, 6) is 1.76. The molecule has 84 valence electrons. The zero-order chi connectivity index (χ0) is 10.9. The van der Waals surface area contributed by atoms with Gasteiger partial charge in [0.25, 0.3) is 0 Å². The molecule has 2 aliphatic carbocycles. The fourth-order valence-electron chi connectivity index (χ4n) is 2.89. The summed E-state index contributed by atoms with van der Waals surface area (Å²) in [7, 11) is -0.989. The van der Waals surface area contributed by atoms with Gasteiger partial charge in [0.1, 0.15) is 0 Å². The average molecular weight is 220 g/mol. The van der Waals surface area contributed by atoms with Crippen molar-refractivity contribution in [3.63, 3.8) is 0 Å². The second-order valence-corrected chi connectivity index (χ2v) is 11.3. The third kappa shape index (κ3) is 2.84. The Labute approximate surface area is 95.5 Å². The van der Waals surface area contributed by atoms with Crippen LogP contribution in [-0.2, 0) is 0 Å². The van der Waals surface area contributed by atoms with Gasteiger partial charge in [-0.05, 0) is 43.9 Å². The third-order valence-electron chi connectivity index (χ3n) is 3.69. The number of fused-ring (bicyclic) bond motifs is 1. The standard InChI is InChI=1S/C14H24Si/c1-15(2,3)11-10-13-9-8-12-6-4-5-7-14(12)13/h7,10-13H,4-6,8-9H2,1-3H3/b11-10+/t12-,13-/m0/s1. The molecule has 0 aromatic rings. The summed E-state index contributed by atoms with van der Waals surface area (Å²) in [4.78, 5) is 0. The van der Waals surface area contributed by atoms with Gasteiger partial charge in [-0.3, -0.25) is 0 Å². The van der Waals surface area contributed by atoms with E-state index < -0.39 is 8.07 Å². The van der Waals surface area contributed by atoms with Crippen LogP contribution in [0.3, 0.4) is 0 Å². The lowest BCUT2D eigenvalue weighted by Gasteiger charge is -2.20. The Hall–Kier alpha value is -0.303. The Bertz CT molecular complexity index is 280. The first-order chi connectivity index (χ1) is 7.06. The van der Waals surface area contributed by atoms with Gasteiger partial charge in [0, 0.05) is 0 Å². The van der Waals surface area contributed by atoms with E-state index in [2.05, 4.69) is 37.5 Å². The van der Waals surface area contributed by atoms with Gasteiger partial charge >= 0.3 is 0 Å². The zero-order valence-corrected chi connectivity index (χ0v) is 11.4. The van der Waals surface area contributed by atoms with Gasteiger partial charge in [0.15, 0.2) is 0 Å². The van der Waals surface area contributed by atoms with E-state index in [1.165, 1.54) is 32.1 Å². The molecule has 0 nitrogen and oxygen atoms in total. The van der Waals surface area contributed by atoms with Gasteiger partial charge in [0.2, 0.25) is 0 Å². The molecule has 0 amide bonds. The van der Waals surface area contributed by atoms with Gasteiger partial charge in [-0.1, -0.05) is 43.1 Å². The summed E-state index contributed by atoms with van der Waals surface area (Å²) in [6.07, 6.45) is 12.2. The molecule has 0 radical (unpaired) electrons. The molecule has 0 aromatic carbocycles. The molecule has 0 bridgehead atoms. The second-order valence-electron chi connectivity index (χ2n) is 6.24. The van der Waals surface area contributed by atoms with Crippen LogP contribution in [0.15, 0.2) is 23.4 Å². The normalized spacial score (nSPS) is 31.8. The zero-order valence-electron chi connectivity index (χ0n) is 10.4. The van der Waals surface area contributed by atoms with E-state index in [1.807, 2.05) is 0 Å². The van der Waals surface area contributed by atoms with Gasteiger partial charge in [0.05, 0.1) is 8.07 Å². The van der Waals surface area contributed by atoms with Crippen molar-refractivity contribution in [3.8, 4) is 0 Å². The van der Waals surface area contributed by atoms with Crippen molar-refractivity contribution in [2.75, 3.05) is 0 Å². The topological polar surface area (TPSA) is 0 Å². The first kappa shape index (κ1) is 11.2. The summed E-state index contributed by atoms with van der Waals surface area (Å²) < 4.78 is 0. The van der Waals surface area contributed by atoms with Crippen molar-refractivity contribution in [2.24, 2.45) is 11.8 Å². The Kier molecular flexibility index (Phi) is 3.20. The van der Waals surface area contributed by atoms with E-state index in [-0.39, 0.29) is 0 Å². The summed E-state index contributed by atoms with van der Waals surface area (Å²) >= 11 is 0. The maximum Gasteiger partial charge on any atom is 0.0683 e. The molecule has 2 atom stereocenters. The van der Waals surface area contributed by atoms with Crippen molar-refractivity contribution in [2.45, 2.75) is 51.7 Å². The molecule has 1 fully saturated rings. The minimum Gasteiger partial charge on any atom is -0.0983 e. The third-order valence-corrected chi connectivity index (χ3v) is 4.88. The van der Waals surface area contributed by atoms with E-state index in [0.29, 0.717) is 0 Å². The lowest BCUT2D eigenvalue weighted by molar-refractivity contribution is 0.525. The number of hydrogen-bond acceptors (Lipinski definition) is 0. The van der Waals surface area contributed by atoms with Crippen LogP contribution < -0.4 is 0 Å². The van der Waals surface area contributed by atoms with Gasteiger partial charge in [-0.25, -0.2) is 0 Å². The monoisotopic (exact) mass is 220 g/mol. The van der Waals surface area contributed by atoms with Crippen molar-refractivity contribution in [1.29, 1.82) is 0 Å². The Balaban J connectivity index is 2.05. The van der Waals surface area contributed by atoms with E-state index >= 15 is 0 Å². The van der Waals surface area contributed by atoms with Crippen LogP contribution in [0.5, 0.6) is 0 Å². The number of hydrogen-bond donors (Lipinski definition) is 0. The predicted molar refractivity (Wildman–Crippen MR) is 70.6 cm³/mol. The fraction of sp³-hybridized carbons (Fsp3) is 0.714. The smallest absolute Gasteiger partial charge is 0.0683 e. The van der Waals surface area contributed by atoms with Crippen LogP contribution in [0.2, 0.25) is 19.6 Å². The highest BCUT2D eigenvalue weighted by molar-refractivity contribution is 6.80.